The number of nitrogens with two attached hydrogens (primary N) is 1. The van der Waals surface area contributed by atoms with Crippen molar-refractivity contribution in [1.29, 1.82) is 0 Å². The number of aliphatic hydroxyl groups excluding tert-OH is 3. The fourth-order valence-corrected chi connectivity index (χ4v) is 2.77. The predicted octanol–water partition coefficient (Wildman–Crippen LogP) is 1.36. The van der Waals surface area contributed by atoms with Gasteiger partial charge in [-0.2, -0.15) is 5.10 Å². The average molecular weight is 467 g/mol. The number of pyridine rings is 1. The maximum Gasteiger partial charge on any atom is 0.305 e. The van der Waals surface area contributed by atoms with Crippen LogP contribution in [-0.2, 0) is 11.3 Å². The third-order valence-electron chi connectivity index (χ3n) is 4.59. The van der Waals surface area contributed by atoms with Crippen molar-refractivity contribution in [3.8, 4) is 5.75 Å². The zero-order valence-electron chi connectivity index (χ0n) is 17.6. The average Bonchev–Trinajstić information content (AvgIpc) is 3.19. The summed E-state index contributed by atoms with van der Waals surface area (Å²) in [4.78, 5) is 15.0. The molecule has 3 aromatic rings. The Bertz CT molecular complexity index is 1000. The number of hydrogen-bond acceptors (Lipinski definition) is 8. The van der Waals surface area contributed by atoms with E-state index in [9.17, 15) is 4.79 Å². The SMILES string of the molecule is C[C@@H](Oc1cc2cnn(CCC(=O)O)c2cc1Cl)c1ccccn1.NC(CO)(CO)CO. The zero-order valence-corrected chi connectivity index (χ0v) is 18.3. The lowest BCUT2D eigenvalue weighted by molar-refractivity contribution is -0.137. The van der Waals surface area contributed by atoms with Crippen molar-refractivity contribution in [3.05, 3.63) is 53.4 Å². The number of fused-ring (bicyclic) bond motifs is 1. The molecule has 2 heterocycles. The summed E-state index contributed by atoms with van der Waals surface area (Å²) >= 11 is 6.32. The van der Waals surface area contributed by atoms with Crippen LogP contribution in [0.4, 0.5) is 0 Å². The number of hydrogen-bond donors (Lipinski definition) is 5. The zero-order chi connectivity index (χ0) is 23.7. The maximum absolute atomic E-state index is 10.7. The second-order valence-electron chi connectivity index (χ2n) is 7.20. The number of nitrogens with zero attached hydrogens (tertiary/aromatic N) is 3. The number of aromatic nitrogens is 3. The van der Waals surface area contributed by atoms with Gasteiger partial charge >= 0.3 is 5.97 Å². The number of carbonyl (C=O) groups is 1. The Morgan fingerprint density at radius 2 is 1.94 bits per heavy atom. The van der Waals surface area contributed by atoms with Crippen molar-refractivity contribution in [1.82, 2.24) is 14.8 Å². The Kier molecular flexibility index (Phi) is 9.36. The third kappa shape index (κ3) is 6.87. The quantitative estimate of drug-likeness (QED) is 0.313. The minimum Gasteiger partial charge on any atom is -0.483 e. The molecule has 0 unspecified atom stereocenters. The summed E-state index contributed by atoms with van der Waals surface area (Å²) in [7, 11) is 0. The third-order valence-corrected chi connectivity index (χ3v) is 4.88. The molecule has 0 amide bonds. The molecule has 2 aromatic heterocycles. The van der Waals surface area contributed by atoms with Gasteiger partial charge in [0.2, 0.25) is 0 Å². The van der Waals surface area contributed by atoms with Gasteiger partial charge in [-0.1, -0.05) is 17.7 Å². The van der Waals surface area contributed by atoms with E-state index in [4.69, 9.17) is 42.5 Å². The molecule has 11 heteroatoms. The van der Waals surface area contributed by atoms with E-state index in [2.05, 4.69) is 10.1 Å². The molecule has 6 N–H and O–H groups in total. The van der Waals surface area contributed by atoms with Gasteiger partial charge in [0.15, 0.2) is 0 Å². The van der Waals surface area contributed by atoms with Crippen LogP contribution in [0.5, 0.6) is 5.75 Å². The van der Waals surface area contributed by atoms with Gasteiger partial charge in [-0.25, -0.2) is 0 Å². The lowest BCUT2D eigenvalue weighted by Crippen LogP contribution is -2.50. The van der Waals surface area contributed by atoms with Gasteiger partial charge in [-0.3, -0.25) is 14.5 Å². The highest BCUT2D eigenvalue weighted by atomic mass is 35.5. The molecule has 174 valence electrons. The molecule has 1 aromatic carbocycles. The van der Waals surface area contributed by atoms with Crippen LogP contribution in [0.1, 0.15) is 25.1 Å². The fourth-order valence-electron chi connectivity index (χ4n) is 2.57. The number of carboxylic acid groups (broad SMARTS) is 1. The van der Waals surface area contributed by atoms with E-state index >= 15 is 0 Å². The van der Waals surface area contributed by atoms with Crippen LogP contribution in [0.2, 0.25) is 5.02 Å². The van der Waals surface area contributed by atoms with Crippen LogP contribution in [-0.4, -0.2) is 66.5 Å². The van der Waals surface area contributed by atoms with Crippen molar-refractivity contribution in [2.45, 2.75) is 31.5 Å². The monoisotopic (exact) mass is 466 g/mol. The number of ether oxygens (including phenoxy) is 1. The maximum atomic E-state index is 10.7. The topological polar surface area (TPSA) is 164 Å². The Morgan fingerprint density at radius 3 is 2.47 bits per heavy atom. The molecule has 3 rings (SSSR count). The molecule has 0 aliphatic rings. The number of aliphatic hydroxyl groups is 3. The van der Waals surface area contributed by atoms with Crippen molar-refractivity contribution in [2.75, 3.05) is 19.8 Å². The molecule has 0 aliphatic carbocycles. The Morgan fingerprint density at radius 1 is 1.25 bits per heavy atom. The largest absolute Gasteiger partial charge is 0.483 e. The van der Waals surface area contributed by atoms with E-state index in [0.717, 1.165) is 16.6 Å². The highest BCUT2D eigenvalue weighted by molar-refractivity contribution is 6.32. The number of halogens is 1. The molecule has 0 bridgehead atoms. The number of aryl methyl sites for hydroxylation is 1. The highest BCUT2D eigenvalue weighted by Gasteiger charge is 2.20. The van der Waals surface area contributed by atoms with Gasteiger partial charge in [-0.05, 0) is 31.2 Å². The van der Waals surface area contributed by atoms with Gasteiger partial charge in [0.05, 0.1) is 60.8 Å². The fraction of sp³-hybridized carbons (Fsp3) is 0.381. The van der Waals surface area contributed by atoms with Gasteiger partial charge < -0.3 is 30.9 Å². The van der Waals surface area contributed by atoms with Crippen LogP contribution in [0.15, 0.2) is 42.7 Å². The van der Waals surface area contributed by atoms with E-state index < -0.39 is 31.3 Å². The first-order valence-corrected chi connectivity index (χ1v) is 10.2. The first-order chi connectivity index (χ1) is 15.2. The molecule has 1 atom stereocenters. The highest BCUT2D eigenvalue weighted by Crippen LogP contribution is 2.33. The summed E-state index contributed by atoms with van der Waals surface area (Å²) in [6.07, 6.45) is 3.14. The second kappa shape index (κ2) is 11.7. The summed E-state index contributed by atoms with van der Waals surface area (Å²) in [5.41, 5.74) is 5.53. The first kappa shape index (κ1) is 25.5. The van der Waals surface area contributed by atoms with Crippen LogP contribution < -0.4 is 10.5 Å². The Hall–Kier alpha value is -2.76. The van der Waals surface area contributed by atoms with Gasteiger partial charge in [0.1, 0.15) is 11.9 Å². The number of carboxylic acids is 1. The summed E-state index contributed by atoms with van der Waals surface area (Å²) in [6, 6.07) is 9.19. The second-order valence-corrected chi connectivity index (χ2v) is 7.61. The summed E-state index contributed by atoms with van der Waals surface area (Å²) < 4.78 is 7.55. The van der Waals surface area contributed by atoms with Crippen LogP contribution in [0, 0.1) is 0 Å². The summed E-state index contributed by atoms with van der Waals surface area (Å²) in [5.74, 6) is -0.325. The number of benzene rings is 1. The van der Waals surface area contributed by atoms with Crippen molar-refractivity contribution >= 4 is 28.5 Å². The van der Waals surface area contributed by atoms with Gasteiger partial charge in [0.25, 0.3) is 0 Å². The molecule has 0 saturated heterocycles. The molecular formula is C21H27ClN4O6. The normalized spacial score (nSPS) is 12.2. The van der Waals surface area contributed by atoms with E-state index in [1.165, 1.54) is 0 Å². The first-order valence-electron chi connectivity index (χ1n) is 9.79. The molecule has 10 nitrogen and oxygen atoms in total. The smallest absolute Gasteiger partial charge is 0.305 e. The van der Waals surface area contributed by atoms with Crippen LogP contribution in [0.25, 0.3) is 10.9 Å². The minimum absolute atomic E-state index is 0.00333. The summed E-state index contributed by atoms with van der Waals surface area (Å²) in [5, 5.41) is 39.3. The number of rotatable bonds is 9. The van der Waals surface area contributed by atoms with E-state index in [1.54, 1.807) is 29.2 Å². The summed E-state index contributed by atoms with van der Waals surface area (Å²) in [6.45, 7) is 0.985. The van der Waals surface area contributed by atoms with Crippen molar-refractivity contribution in [2.24, 2.45) is 5.73 Å². The van der Waals surface area contributed by atoms with Crippen LogP contribution >= 0.6 is 11.6 Å². The van der Waals surface area contributed by atoms with E-state index in [1.807, 2.05) is 25.1 Å². The molecule has 0 spiro atoms. The minimum atomic E-state index is -1.21. The van der Waals surface area contributed by atoms with Crippen molar-refractivity contribution in [3.63, 3.8) is 0 Å². The molecule has 32 heavy (non-hydrogen) atoms. The molecule has 0 radical (unpaired) electrons. The van der Waals surface area contributed by atoms with Crippen LogP contribution in [0.3, 0.4) is 0 Å². The Labute approximate surface area is 189 Å². The van der Waals surface area contributed by atoms with Gasteiger partial charge in [-0.15, -0.1) is 0 Å². The Balaban J connectivity index is 0.000000390. The van der Waals surface area contributed by atoms with Gasteiger partial charge in [0, 0.05) is 11.6 Å². The van der Waals surface area contributed by atoms with E-state index in [0.29, 0.717) is 17.3 Å². The standard InChI is InChI=1S/C17H16ClN3O3.C4H11NO3/c1-11(14-4-2-3-6-19-14)24-16-8-12-10-20-21(7-5-17(22)23)15(12)9-13(16)18;5-4(1-6,2-7)3-8/h2-4,6,8-11H,5,7H2,1H3,(H,22,23);6-8H,1-3,5H2/t11-;/m1./s1. The molecule has 0 saturated carbocycles. The molecular weight excluding hydrogens is 440 g/mol. The lowest BCUT2D eigenvalue weighted by Gasteiger charge is -2.20. The van der Waals surface area contributed by atoms with E-state index in [-0.39, 0.29) is 12.5 Å². The molecule has 0 fully saturated rings. The number of aliphatic carboxylic acids is 1. The van der Waals surface area contributed by atoms with Crippen molar-refractivity contribution < 1.29 is 30.0 Å². The lowest BCUT2D eigenvalue weighted by atomic mass is 10.1. The molecule has 0 aliphatic heterocycles. The predicted molar refractivity (Wildman–Crippen MR) is 118 cm³/mol.